The van der Waals surface area contributed by atoms with Crippen molar-refractivity contribution in [3.8, 4) is 0 Å². The van der Waals surface area contributed by atoms with Crippen molar-refractivity contribution < 1.29 is 4.79 Å². The lowest BCUT2D eigenvalue weighted by Gasteiger charge is -2.30. The van der Waals surface area contributed by atoms with Crippen LogP contribution in [0.4, 0.5) is 4.79 Å². The van der Waals surface area contributed by atoms with Crippen LogP contribution < -0.4 is 5.32 Å². The lowest BCUT2D eigenvalue weighted by molar-refractivity contribution is 0.178. The molecular weight excluding hydrogens is 176 g/mol. The van der Waals surface area contributed by atoms with Gasteiger partial charge in [0.15, 0.2) is 0 Å². The summed E-state index contributed by atoms with van der Waals surface area (Å²) >= 11 is 0. The van der Waals surface area contributed by atoms with Crippen LogP contribution in [0.25, 0.3) is 0 Å². The van der Waals surface area contributed by atoms with Crippen LogP contribution in [0.3, 0.4) is 0 Å². The minimum Gasteiger partial charge on any atom is -0.333 e. The Morgan fingerprint density at radius 1 is 1.29 bits per heavy atom. The lowest BCUT2D eigenvalue weighted by atomic mass is 10.1. The summed E-state index contributed by atoms with van der Waals surface area (Å²) in [5.74, 6) is 0. The van der Waals surface area contributed by atoms with E-state index in [1.54, 1.807) is 4.90 Å². The van der Waals surface area contributed by atoms with E-state index in [1.807, 2.05) is 27.8 Å². The molecule has 84 valence electrons. The third-order valence-corrected chi connectivity index (χ3v) is 2.29. The second-order valence-corrected chi connectivity index (χ2v) is 4.76. The highest BCUT2D eigenvalue weighted by Gasteiger charge is 2.20. The standard InChI is InChI=1S/C11H24N2O/c1-7-9(8-2)13(6)10(14)12-11(3,4)5/h9H,7-8H2,1-6H3,(H,12,14). The average molecular weight is 200 g/mol. The molecule has 0 heterocycles. The van der Waals surface area contributed by atoms with E-state index < -0.39 is 0 Å². The van der Waals surface area contributed by atoms with Gasteiger partial charge >= 0.3 is 6.03 Å². The Labute approximate surface area is 87.9 Å². The molecule has 0 rings (SSSR count). The monoisotopic (exact) mass is 200 g/mol. The first-order chi connectivity index (χ1) is 6.31. The number of rotatable bonds is 3. The minimum atomic E-state index is -0.155. The molecule has 2 amide bonds. The molecule has 0 aliphatic rings. The van der Waals surface area contributed by atoms with E-state index in [0.29, 0.717) is 6.04 Å². The van der Waals surface area contributed by atoms with E-state index in [0.717, 1.165) is 12.8 Å². The zero-order valence-corrected chi connectivity index (χ0v) is 10.3. The van der Waals surface area contributed by atoms with Gasteiger partial charge in [-0.1, -0.05) is 13.8 Å². The molecule has 3 heteroatoms. The molecule has 0 fully saturated rings. The SMILES string of the molecule is CCC(CC)N(C)C(=O)NC(C)(C)C. The van der Waals surface area contributed by atoms with Gasteiger partial charge in [0, 0.05) is 18.6 Å². The van der Waals surface area contributed by atoms with Gasteiger partial charge in [0.1, 0.15) is 0 Å². The molecule has 0 spiro atoms. The fourth-order valence-electron chi connectivity index (χ4n) is 1.41. The number of carbonyl (C=O) groups excluding carboxylic acids is 1. The number of nitrogens with zero attached hydrogens (tertiary/aromatic N) is 1. The van der Waals surface area contributed by atoms with Crippen molar-refractivity contribution in [2.45, 2.75) is 59.0 Å². The maximum absolute atomic E-state index is 11.7. The van der Waals surface area contributed by atoms with Crippen molar-refractivity contribution in [3.63, 3.8) is 0 Å². The molecule has 0 atom stereocenters. The highest BCUT2D eigenvalue weighted by Crippen LogP contribution is 2.08. The van der Waals surface area contributed by atoms with Crippen molar-refractivity contribution >= 4 is 6.03 Å². The van der Waals surface area contributed by atoms with Gasteiger partial charge in [-0.2, -0.15) is 0 Å². The molecule has 0 radical (unpaired) electrons. The molecule has 14 heavy (non-hydrogen) atoms. The summed E-state index contributed by atoms with van der Waals surface area (Å²) < 4.78 is 0. The van der Waals surface area contributed by atoms with Gasteiger partial charge in [-0.3, -0.25) is 0 Å². The number of hydrogen-bond acceptors (Lipinski definition) is 1. The maximum Gasteiger partial charge on any atom is 0.317 e. The fourth-order valence-corrected chi connectivity index (χ4v) is 1.41. The Hall–Kier alpha value is -0.730. The fraction of sp³-hybridized carbons (Fsp3) is 0.909. The van der Waals surface area contributed by atoms with Gasteiger partial charge in [0.25, 0.3) is 0 Å². The van der Waals surface area contributed by atoms with E-state index >= 15 is 0 Å². The normalized spacial score (nSPS) is 11.6. The number of carbonyl (C=O) groups is 1. The molecule has 0 saturated carbocycles. The van der Waals surface area contributed by atoms with Crippen molar-refractivity contribution in [2.75, 3.05) is 7.05 Å². The smallest absolute Gasteiger partial charge is 0.317 e. The summed E-state index contributed by atoms with van der Waals surface area (Å²) in [5.41, 5.74) is -0.155. The topological polar surface area (TPSA) is 32.3 Å². The molecule has 0 unspecified atom stereocenters. The largest absolute Gasteiger partial charge is 0.333 e. The van der Waals surface area contributed by atoms with Gasteiger partial charge in [0.2, 0.25) is 0 Å². The summed E-state index contributed by atoms with van der Waals surface area (Å²) in [6, 6.07) is 0.364. The van der Waals surface area contributed by atoms with Gasteiger partial charge in [-0.05, 0) is 33.6 Å². The van der Waals surface area contributed by atoms with Gasteiger partial charge in [-0.25, -0.2) is 4.79 Å². The highest BCUT2D eigenvalue weighted by atomic mass is 16.2. The number of hydrogen-bond donors (Lipinski definition) is 1. The van der Waals surface area contributed by atoms with Crippen LogP contribution in [-0.4, -0.2) is 29.6 Å². The zero-order chi connectivity index (χ0) is 11.4. The lowest BCUT2D eigenvalue weighted by Crippen LogP contribution is -2.50. The zero-order valence-electron chi connectivity index (χ0n) is 10.3. The second kappa shape index (κ2) is 5.23. The van der Waals surface area contributed by atoms with Crippen molar-refractivity contribution in [3.05, 3.63) is 0 Å². The Balaban J connectivity index is 4.24. The van der Waals surface area contributed by atoms with Gasteiger partial charge in [-0.15, -0.1) is 0 Å². The molecule has 0 aliphatic heterocycles. The van der Waals surface area contributed by atoms with Crippen molar-refractivity contribution in [1.29, 1.82) is 0 Å². The number of amides is 2. The molecular formula is C11H24N2O. The highest BCUT2D eigenvalue weighted by molar-refractivity contribution is 5.74. The Morgan fingerprint density at radius 2 is 1.71 bits per heavy atom. The van der Waals surface area contributed by atoms with Crippen molar-refractivity contribution in [1.82, 2.24) is 10.2 Å². The second-order valence-electron chi connectivity index (χ2n) is 4.76. The Bertz CT molecular complexity index is 180. The molecule has 0 saturated heterocycles. The Morgan fingerprint density at radius 3 is 2.00 bits per heavy atom. The first-order valence-electron chi connectivity index (χ1n) is 5.36. The van der Waals surface area contributed by atoms with E-state index in [9.17, 15) is 4.79 Å². The summed E-state index contributed by atoms with van der Waals surface area (Å²) in [7, 11) is 1.86. The van der Waals surface area contributed by atoms with Gasteiger partial charge in [0.05, 0.1) is 0 Å². The van der Waals surface area contributed by atoms with Crippen LogP contribution in [0.1, 0.15) is 47.5 Å². The molecule has 1 N–H and O–H groups in total. The number of urea groups is 1. The van der Waals surface area contributed by atoms with E-state index in [1.165, 1.54) is 0 Å². The summed E-state index contributed by atoms with van der Waals surface area (Å²) in [6.45, 7) is 10.2. The van der Waals surface area contributed by atoms with Crippen LogP contribution in [0.5, 0.6) is 0 Å². The molecule has 3 nitrogen and oxygen atoms in total. The summed E-state index contributed by atoms with van der Waals surface area (Å²) in [4.78, 5) is 13.5. The predicted octanol–water partition coefficient (Wildman–Crippen LogP) is 2.61. The minimum absolute atomic E-state index is 0.0196. The van der Waals surface area contributed by atoms with E-state index in [4.69, 9.17) is 0 Å². The summed E-state index contributed by atoms with van der Waals surface area (Å²) in [5, 5.41) is 2.96. The van der Waals surface area contributed by atoms with E-state index in [2.05, 4.69) is 19.2 Å². The van der Waals surface area contributed by atoms with Gasteiger partial charge < -0.3 is 10.2 Å². The quantitative estimate of drug-likeness (QED) is 0.746. The maximum atomic E-state index is 11.7. The average Bonchev–Trinajstić information content (AvgIpc) is 2.03. The molecule has 0 aromatic rings. The van der Waals surface area contributed by atoms with Crippen LogP contribution in [0.2, 0.25) is 0 Å². The number of nitrogens with one attached hydrogen (secondary N) is 1. The van der Waals surface area contributed by atoms with Crippen molar-refractivity contribution in [2.24, 2.45) is 0 Å². The van der Waals surface area contributed by atoms with Crippen LogP contribution in [-0.2, 0) is 0 Å². The first kappa shape index (κ1) is 13.3. The third-order valence-electron chi connectivity index (χ3n) is 2.29. The molecule has 0 aliphatic carbocycles. The third kappa shape index (κ3) is 4.49. The van der Waals surface area contributed by atoms with Crippen LogP contribution >= 0.6 is 0 Å². The summed E-state index contributed by atoms with van der Waals surface area (Å²) in [6.07, 6.45) is 2.01. The molecule has 0 bridgehead atoms. The Kier molecular flexibility index (Phi) is 4.95. The molecule has 0 aromatic carbocycles. The van der Waals surface area contributed by atoms with Crippen LogP contribution in [0.15, 0.2) is 0 Å². The van der Waals surface area contributed by atoms with E-state index in [-0.39, 0.29) is 11.6 Å². The van der Waals surface area contributed by atoms with Crippen LogP contribution in [0, 0.1) is 0 Å². The molecule has 0 aromatic heterocycles. The first-order valence-corrected chi connectivity index (χ1v) is 5.36. The predicted molar refractivity (Wildman–Crippen MR) is 60.4 cm³/mol.